The first kappa shape index (κ1) is 14.8. The smallest absolute Gasteiger partial charge is 0.335 e. The van der Waals surface area contributed by atoms with Crippen molar-refractivity contribution in [3.8, 4) is 11.8 Å². The Morgan fingerprint density at radius 2 is 2.04 bits per heavy atom. The molecule has 1 N–H and O–H groups in total. The molecule has 0 radical (unpaired) electrons. The van der Waals surface area contributed by atoms with Crippen LogP contribution >= 0.6 is 0 Å². The number of aromatic carboxylic acids is 1. The van der Waals surface area contributed by atoms with E-state index in [4.69, 9.17) is 4.74 Å². The lowest BCUT2D eigenvalue weighted by Crippen LogP contribution is -2.16. The van der Waals surface area contributed by atoms with Gasteiger partial charge in [-0.2, -0.15) is 5.26 Å². The monoisotopic (exact) mass is 309 g/mol. The van der Waals surface area contributed by atoms with Crippen molar-refractivity contribution in [3.63, 3.8) is 0 Å². The van der Waals surface area contributed by atoms with Crippen LogP contribution in [0.15, 0.2) is 42.5 Å². The standard InChI is InChI=1S/C18H12FNO3/c1-10-6-15(14-4-3-13(19)7-12(14)9-20)16-8-11(18(21)22)2-5-17(16)23-10/h2-8,10H,1H3,(H,21,22). The van der Waals surface area contributed by atoms with E-state index >= 15 is 0 Å². The number of nitriles is 1. The second kappa shape index (κ2) is 5.58. The molecule has 2 aromatic carbocycles. The lowest BCUT2D eigenvalue weighted by Gasteiger charge is -2.24. The van der Waals surface area contributed by atoms with E-state index in [0.717, 1.165) is 6.07 Å². The summed E-state index contributed by atoms with van der Waals surface area (Å²) in [5.74, 6) is -1.01. The molecule has 0 amide bonds. The van der Waals surface area contributed by atoms with Crippen LogP contribution in [-0.4, -0.2) is 17.2 Å². The van der Waals surface area contributed by atoms with Gasteiger partial charge in [-0.05, 0) is 48.9 Å². The number of carboxylic acid groups (broad SMARTS) is 1. The minimum atomic E-state index is -1.05. The molecule has 0 bridgehead atoms. The Labute approximate surface area is 132 Å². The van der Waals surface area contributed by atoms with Gasteiger partial charge in [0, 0.05) is 11.1 Å². The van der Waals surface area contributed by atoms with Crippen molar-refractivity contribution in [2.45, 2.75) is 13.0 Å². The van der Waals surface area contributed by atoms with E-state index in [-0.39, 0.29) is 17.2 Å². The van der Waals surface area contributed by atoms with Crippen LogP contribution in [0.3, 0.4) is 0 Å². The van der Waals surface area contributed by atoms with Crippen LogP contribution in [0.25, 0.3) is 5.57 Å². The summed E-state index contributed by atoms with van der Waals surface area (Å²) in [6.45, 7) is 1.84. The normalized spacial score (nSPS) is 15.9. The Morgan fingerprint density at radius 1 is 1.26 bits per heavy atom. The molecule has 0 saturated heterocycles. The zero-order valence-corrected chi connectivity index (χ0v) is 12.2. The molecule has 1 atom stereocenters. The first-order chi connectivity index (χ1) is 11.0. The SMILES string of the molecule is CC1C=C(c2ccc(F)cc2C#N)c2cc(C(=O)O)ccc2O1. The molecule has 1 unspecified atom stereocenters. The van der Waals surface area contributed by atoms with Gasteiger partial charge < -0.3 is 9.84 Å². The number of benzene rings is 2. The Balaban J connectivity index is 2.23. The Hall–Kier alpha value is -3.13. The number of hydrogen-bond donors (Lipinski definition) is 1. The number of halogens is 1. The summed E-state index contributed by atoms with van der Waals surface area (Å²) in [6.07, 6.45) is 1.55. The van der Waals surface area contributed by atoms with E-state index in [1.54, 1.807) is 12.1 Å². The average molecular weight is 309 g/mol. The van der Waals surface area contributed by atoms with Crippen LogP contribution in [0.1, 0.15) is 34.0 Å². The van der Waals surface area contributed by atoms with Crippen molar-refractivity contribution in [1.82, 2.24) is 0 Å². The third kappa shape index (κ3) is 2.67. The van der Waals surface area contributed by atoms with Gasteiger partial charge in [-0.25, -0.2) is 9.18 Å². The highest BCUT2D eigenvalue weighted by Crippen LogP contribution is 2.37. The summed E-state index contributed by atoms with van der Waals surface area (Å²) in [6, 6.07) is 10.5. The van der Waals surface area contributed by atoms with E-state index in [1.807, 2.05) is 13.0 Å². The summed E-state index contributed by atoms with van der Waals surface area (Å²) in [5.41, 5.74) is 2.10. The second-order valence-electron chi connectivity index (χ2n) is 5.22. The quantitative estimate of drug-likeness (QED) is 0.920. The van der Waals surface area contributed by atoms with Crippen LogP contribution in [-0.2, 0) is 0 Å². The topological polar surface area (TPSA) is 70.3 Å². The number of carboxylic acids is 1. The second-order valence-corrected chi connectivity index (χ2v) is 5.22. The third-order valence-electron chi connectivity index (χ3n) is 3.62. The van der Waals surface area contributed by atoms with Crippen molar-refractivity contribution in [3.05, 3.63) is 70.5 Å². The molecule has 0 spiro atoms. The zero-order valence-electron chi connectivity index (χ0n) is 12.2. The van der Waals surface area contributed by atoms with E-state index in [0.29, 0.717) is 22.4 Å². The lowest BCUT2D eigenvalue weighted by atomic mass is 9.90. The van der Waals surface area contributed by atoms with Crippen molar-refractivity contribution < 1.29 is 19.0 Å². The largest absolute Gasteiger partial charge is 0.486 e. The molecule has 1 aliphatic heterocycles. The van der Waals surface area contributed by atoms with Gasteiger partial charge in [-0.3, -0.25) is 0 Å². The predicted octanol–water partition coefficient (Wildman–Crippen LogP) is 3.61. The van der Waals surface area contributed by atoms with Crippen molar-refractivity contribution >= 4 is 11.5 Å². The minimum absolute atomic E-state index is 0.119. The molecule has 0 aliphatic carbocycles. The Morgan fingerprint density at radius 3 is 2.74 bits per heavy atom. The minimum Gasteiger partial charge on any atom is -0.486 e. The van der Waals surface area contributed by atoms with Gasteiger partial charge in [0.2, 0.25) is 0 Å². The van der Waals surface area contributed by atoms with E-state index < -0.39 is 11.8 Å². The predicted molar refractivity (Wildman–Crippen MR) is 81.7 cm³/mol. The van der Waals surface area contributed by atoms with Crippen LogP contribution < -0.4 is 4.74 Å². The van der Waals surface area contributed by atoms with E-state index in [9.17, 15) is 19.6 Å². The van der Waals surface area contributed by atoms with Gasteiger partial charge in [0.1, 0.15) is 17.7 Å². The maximum absolute atomic E-state index is 13.4. The zero-order chi connectivity index (χ0) is 16.6. The first-order valence-corrected chi connectivity index (χ1v) is 6.96. The first-order valence-electron chi connectivity index (χ1n) is 6.96. The molecule has 0 fully saturated rings. The van der Waals surface area contributed by atoms with Gasteiger partial charge in [0.15, 0.2) is 0 Å². The molecule has 114 valence electrons. The number of rotatable bonds is 2. The molecule has 23 heavy (non-hydrogen) atoms. The molecule has 2 aromatic rings. The molecular weight excluding hydrogens is 297 g/mol. The lowest BCUT2D eigenvalue weighted by molar-refractivity contribution is 0.0697. The average Bonchev–Trinajstić information content (AvgIpc) is 2.53. The molecular formula is C18H12FNO3. The van der Waals surface area contributed by atoms with Crippen LogP contribution in [0.5, 0.6) is 5.75 Å². The van der Waals surface area contributed by atoms with Crippen molar-refractivity contribution in [2.24, 2.45) is 0 Å². The fourth-order valence-corrected chi connectivity index (χ4v) is 2.61. The fraction of sp³-hybridized carbons (Fsp3) is 0.111. The summed E-state index contributed by atoms with van der Waals surface area (Å²) in [5, 5.41) is 18.4. The van der Waals surface area contributed by atoms with Crippen molar-refractivity contribution in [1.29, 1.82) is 5.26 Å². The van der Waals surface area contributed by atoms with Crippen molar-refractivity contribution in [2.75, 3.05) is 0 Å². The number of fused-ring (bicyclic) bond motifs is 1. The summed E-state index contributed by atoms with van der Waals surface area (Å²) in [4.78, 5) is 11.2. The number of nitrogens with zero attached hydrogens (tertiary/aromatic N) is 1. The number of hydrogen-bond acceptors (Lipinski definition) is 3. The fourth-order valence-electron chi connectivity index (χ4n) is 2.61. The molecule has 0 aromatic heterocycles. The highest BCUT2D eigenvalue weighted by Gasteiger charge is 2.22. The maximum atomic E-state index is 13.4. The number of carbonyl (C=O) groups is 1. The summed E-state index contributed by atoms with van der Waals surface area (Å²) in [7, 11) is 0. The molecule has 1 heterocycles. The molecule has 5 heteroatoms. The molecule has 3 rings (SSSR count). The number of ether oxygens (including phenoxy) is 1. The van der Waals surface area contributed by atoms with Crippen LogP contribution in [0.2, 0.25) is 0 Å². The van der Waals surface area contributed by atoms with Gasteiger partial charge in [0.25, 0.3) is 0 Å². The Bertz CT molecular complexity index is 880. The van der Waals surface area contributed by atoms with Crippen LogP contribution in [0, 0.1) is 17.1 Å². The molecule has 1 aliphatic rings. The third-order valence-corrected chi connectivity index (χ3v) is 3.62. The summed E-state index contributed by atoms with van der Waals surface area (Å²) < 4.78 is 19.1. The highest BCUT2D eigenvalue weighted by molar-refractivity contribution is 5.93. The van der Waals surface area contributed by atoms with Crippen LogP contribution in [0.4, 0.5) is 4.39 Å². The van der Waals surface area contributed by atoms with Gasteiger partial charge in [-0.15, -0.1) is 0 Å². The van der Waals surface area contributed by atoms with E-state index in [2.05, 4.69) is 0 Å². The summed E-state index contributed by atoms with van der Waals surface area (Å²) >= 11 is 0. The van der Waals surface area contributed by atoms with E-state index in [1.165, 1.54) is 24.3 Å². The van der Waals surface area contributed by atoms with Gasteiger partial charge in [0.05, 0.1) is 17.2 Å². The highest BCUT2D eigenvalue weighted by atomic mass is 19.1. The van der Waals surface area contributed by atoms with Gasteiger partial charge in [-0.1, -0.05) is 6.07 Å². The molecule has 4 nitrogen and oxygen atoms in total. The van der Waals surface area contributed by atoms with Gasteiger partial charge >= 0.3 is 5.97 Å². The molecule has 0 saturated carbocycles. The maximum Gasteiger partial charge on any atom is 0.335 e. The Kier molecular flexibility index (Phi) is 3.59.